The smallest absolute Gasteiger partial charge is 0.340 e. The summed E-state index contributed by atoms with van der Waals surface area (Å²) < 4.78 is 4.99. The Bertz CT molecular complexity index is 377. The van der Waals surface area contributed by atoms with E-state index < -0.39 is 5.97 Å². The first-order valence-corrected chi connectivity index (χ1v) is 5.16. The van der Waals surface area contributed by atoms with Crippen LogP contribution in [0.4, 0.5) is 5.69 Å². The Kier molecular flexibility index (Phi) is 3.97. The Balaban J connectivity index is 2.94. The topological polar surface area (TPSA) is 52.3 Å². The molecule has 0 aliphatic carbocycles. The molecule has 0 atom stereocenters. The van der Waals surface area contributed by atoms with Crippen LogP contribution in [-0.4, -0.2) is 12.6 Å². The zero-order chi connectivity index (χ0) is 11.4. The number of aryl methyl sites for hydroxylation is 1. The van der Waals surface area contributed by atoms with Crippen LogP contribution in [0.15, 0.2) is 12.1 Å². The Morgan fingerprint density at radius 3 is 2.80 bits per heavy atom. The van der Waals surface area contributed by atoms with E-state index in [-0.39, 0.29) is 0 Å². The number of hydrogen-bond donors (Lipinski definition) is 1. The van der Waals surface area contributed by atoms with Gasteiger partial charge in [-0.3, -0.25) is 0 Å². The molecular weight excluding hydrogens is 214 g/mol. The summed E-state index contributed by atoms with van der Waals surface area (Å²) >= 11 is 5.86. The fourth-order valence-electron chi connectivity index (χ4n) is 1.15. The first-order valence-electron chi connectivity index (χ1n) is 4.79. The highest BCUT2D eigenvalue weighted by atomic mass is 35.5. The maximum atomic E-state index is 11.5. The van der Waals surface area contributed by atoms with Crippen LogP contribution in [-0.2, 0) is 4.74 Å². The van der Waals surface area contributed by atoms with Crippen LogP contribution in [0.1, 0.15) is 29.3 Å². The molecular formula is C11H14ClNO2. The van der Waals surface area contributed by atoms with Gasteiger partial charge in [0.15, 0.2) is 0 Å². The van der Waals surface area contributed by atoms with Crippen LogP contribution >= 0.6 is 11.6 Å². The van der Waals surface area contributed by atoms with E-state index >= 15 is 0 Å². The van der Waals surface area contributed by atoms with Crippen LogP contribution in [0.2, 0.25) is 5.02 Å². The molecule has 0 bridgehead atoms. The molecule has 0 spiro atoms. The van der Waals surface area contributed by atoms with Crippen molar-refractivity contribution >= 4 is 23.3 Å². The predicted octanol–water partition coefficient (Wildman–Crippen LogP) is 2.80. The van der Waals surface area contributed by atoms with Crippen LogP contribution in [0.25, 0.3) is 0 Å². The molecule has 4 heteroatoms. The second kappa shape index (κ2) is 5.03. The third-order valence-corrected chi connectivity index (χ3v) is 2.40. The van der Waals surface area contributed by atoms with E-state index in [1.807, 2.05) is 13.8 Å². The molecule has 0 aliphatic heterocycles. The number of esters is 1. The molecule has 0 heterocycles. The predicted molar refractivity (Wildman–Crippen MR) is 61.2 cm³/mol. The number of hydrogen-bond acceptors (Lipinski definition) is 3. The lowest BCUT2D eigenvalue weighted by Crippen LogP contribution is -2.09. The van der Waals surface area contributed by atoms with Crippen molar-refractivity contribution in [2.24, 2.45) is 0 Å². The molecule has 15 heavy (non-hydrogen) atoms. The van der Waals surface area contributed by atoms with Crippen molar-refractivity contribution in [3.8, 4) is 0 Å². The van der Waals surface area contributed by atoms with Gasteiger partial charge in [0.25, 0.3) is 0 Å². The van der Waals surface area contributed by atoms with E-state index in [0.29, 0.717) is 22.9 Å². The average molecular weight is 228 g/mol. The first-order chi connectivity index (χ1) is 7.06. The van der Waals surface area contributed by atoms with E-state index in [0.717, 1.165) is 12.0 Å². The van der Waals surface area contributed by atoms with Gasteiger partial charge in [0, 0.05) is 10.7 Å². The summed E-state index contributed by atoms with van der Waals surface area (Å²) in [5.74, 6) is -0.394. The summed E-state index contributed by atoms with van der Waals surface area (Å²) in [6.07, 6.45) is 0.790. The molecule has 0 saturated carbocycles. The minimum Gasteiger partial charge on any atom is -0.462 e. The third kappa shape index (κ3) is 2.86. The number of carbonyl (C=O) groups is 1. The minimum absolute atomic E-state index is 0.353. The van der Waals surface area contributed by atoms with Crippen LogP contribution in [0, 0.1) is 6.92 Å². The monoisotopic (exact) mass is 227 g/mol. The average Bonchev–Trinajstić information content (AvgIpc) is 2.20. The highest BCUT2D eigenvalue weighted by molar-refractivity contribution is 6.31. The van der Waals surface area contributed by atoms with Crippen molar-refractivity contribution in [3.05, 3.63) is 28.3 Å². The van der Waals surface area contributed by atoms with Crippen molar-refractivity contribution < 1.29 is 9.53 Å². The van der Waals surface area contributed by atoms with Crippen molar-refractivity contribution in [2.45, 2.75) is 20.3 Å². The lowest BCUT2D eigenvalue weighted by molar-refractivity contribution is 0.0506. The SMILES string of the molecule is CCCOC(=O)c1cc(C)c(Cl)cc1N. The molecule has 1 aromatic carbocycles. The number of nitrogens with two attached hydrogens (primary N) is 1. The van der Waals surface area contributed by atoms with Crippen molar-refractivity contribution in [1.82, 2.24) is 0 Å². The highest BCUT2D eigenvalue weighted by Crippen LogP contribution is 2.23. The van der Waals surface area contributed by atoms with E-state index in [4.69, 9.17) is 22.1 Å². The molecule has 0 amide bonds. The van der Waals surface area contributed by atoms with E-state index in [2.05, 4.69) is 0 Å². The molecule has 0 aromatic heterocycles. The minimum atomic E-state index is -0.394. The van der Waals surface area contributed by atoms with Gasteiger partial charge in [0.05, 0.1) is 12.2 Å². The van der Waals surface area contributed by atoms with E-state index in [1.165, 1.54) is 0 Å². The Morgan fingerprint density at radius 2 is 2.20 bits per heavy atom. The molecule has 82 valence electrons. The summed E-state index contributed by atoms with van der Waals surface area (Å²) in [4.78, 5) is 11.5. The summed E-state index contributed by atoms with van der Waals surface area (Å²) in [7, 11) is 0. The molecule has 0 radical (unpaired) electrons. The quantitative estimate of drug-likeness (QED) is 0.638. The second-order valence-corrected chi connectivity index (χ2v) is 3.73. The fraction of sp³-hybridized carbons (Fsp3) is 0.364. The van der Waals surface area contributed by atoms with Gasteiger partial charge in [-0.15, -0.1) is 0 Å². The number of nitrogen functional groups attached to an aromatic ring is 1. The largest absolute Gasteiger partial charge is 0.462 e. The van der Waals surface area contributed by atoms with Gasteiger partial charge < -0.3 is 10.5 Å². The Hall–Kier alpha value is -1.22. The summed E-state index contributed by atoms with van der Waals surface area (Å²) in [6.45, 7) is 4.15. The van der Waals surface area contributed by atoms with Crippen molar-refractivity contribution in [2.75, 3.05) is 12.3 Å². The van der Waals surface area contributed by atoms with Gasteiger partial charge in [0.1, 0.15) is 0 Å². The van der Waals surface area contributed by atoms with E-state index in [9.17, 15) is 4.79 Å². The number of benzene rings is 1. The Morgan fingerprint density at radius 1 is 1.53 bits per heavy atom. The molecule has 2 N–H and O–H groups in total. The standard InChI is InChI=1S/C11H14ClNO2/c1-3-4-15-11(14)8-5-7(2)9(12)6-10(8)13/h5-6H,3-4,13H2,1-2H3. The molecule has 0 aliphatic rings. The second-order valence-electron chi connectivity index (χ2n) is 3.32. The normalized spacial score (nSPS) is 10.1. The van der Waals surface area contributed by atoms with Crippen LogP contribution < -0.4 is 5.73 Å². The Labute approximate surface area is 94.2 Å². The molecule has 0 unspecified atom stereocenters. The summed E-state index contributed by atoms with van der Waals surface area (Å²) in [5.41, 5.74) is 7.23. The number of rotatable bonds is 3. The molecule has 1 rings (SSSR count). The maximum Gasteiger partial charge on any atom is 0.340 e. The summed E-state index contributed by atoms with van der Waals surface area (Å²) in [6, 6.07) is 3.22. The van der Waals surface area contributed by atoms with Crippen LogP contribution in [0.5, 0.6) is 0 Å². The van der Waals surface area contributed by atoms with Crippen molar-refractivity contribution in [3.63, 3.8) is 0 Å². The van der Waals surface area contributed by atoms with Gasteiger partial charge in [-0.05, 0) is 31.0 Å². The van der Waals surface area contributed by atoms with Gasteiger partial charge in [-0.25, -0.2) is 4.79 Å². The zero-order valence-electron chi connectivity index (χ0n) is 8.84. The molecule has 0 fully saturated rings. The van der Waals surface area contributed by atoms with Crippen LogP contribution in [0.3, 0.4) is 0 Å². The van der Waals surface area contributed by atoms with Gasteiger partial charge in [0.2, 0.25) is 0 Å². The summed E-state index contributed by atoms with van der Waals surface area (Å²) in [5, 5.41) is 0.555. The molecule has 3 nitrogen and oxygen atoms in total. The third-order valence-electron chi connectivity index (χ3n) is 1.99. The lowest BCUT2D eigenvalue weighted by atomic mass is 10.1. The number of carbonyl (C=O) groups excluding carboxylic acids is 1. The first kappa shape index (κ1) is 11.9. The molecule has 1 aromatic rings. The van der Waals surface area contributed by atoms with E-state index in [1.54, 1.807) is 12.1 Å². The van der Waals surface area contributed by atoms with Gasteiger partial charge in [-0.2, -0.15) is 0 Å². The van der Waals surface area contributed by atoms with Gasteiger partial charge in [-0.1, -0.05) is 18.5 Å². The molecule has 0 saturated heterocycles. The lowest BCUT2D eigenvalue weighted by Gasteiger charge is -2.08. The fourth-order valence-corrected chi connectivity index (χ4v) is 1.32. The highest BCUT2D eigenvalue weighted by Gasteiger charge is 2.12. The van der Waals surface area contributed by atoms with Gasteiger partial charge >= 0.3 is 5.97 Å². The number of ether oxygens (including phenoxy) is 1. The van der Waals surface area contributed by atoms with Crippen molar-refractivity contribution in [1.29, 1.82) is 0 Å². The zero-order valence-corrected chi connectivity index (χ0v) is 9.60. The maximum absolute atomic E-state index is 11.5. The number of anilines is 1. The number of halogens is 1.